The van der Waals surface area contributed by atoms with Crippen molar-refractivity contribution in [3.8, 4) is 0 Å². The first kappa shape index (κ1) is 20.4. The molecule has 156 valence electrons. The second kappa shape index (κ2) is 9.26. The van der Waals surface area contributed by atoms with Crippen molar-refractivity contribution < 1.29 is 9.21 Å². The summed E-state index contributed by atoms with van der Waals surface area (Å²) in [6.45, 7) is 8.03. The zero-order chi connectivity index (χ0) is 20.2. The largest absolute Gasteiger partial charge is 0.455 e. The Morgan fingerprint density at radius 1 is 1.10 bits per heavy atom. The molecule has 1 aromatic carbocycles. The molecule has 0 N–H and O–H groups in total. The van der Waals surface area contributed by atoms with E-state index in [9.17, 15) is 4.79 Å². The molecule has 4 rings (SSSR count). The van der Waals surface area contributed by atoms with E-state index in [1.54, 1.807) is 11.8 Å². The summed E-state index contributed by atoms with van der Waals surface area (Å²) in [7, 11) is 0. The lowest BCUT2D eigenvalue weighted by molar-refractivity contribution is 0.0534. The average molecular weight is 414 g/mol. The normalized spacial score (nSPS) is 20.8. The number of anilines is 1. The molecule has 6 heteroatoms. The van der Waals surface area contributed by atoms with Crippen LogP contribution in [0.25, 0.3) is 0 Å². The van der Waals surface area contributed by atoms with Crippen LogP contribution in [0, 0.1) is 6.92 Å². The predicted molar refractivity (Wildman–Crippen MR) is 120 cm³/mol. The van der Waals surface area contributed by atoms with Gasteiger partial charge in [-0.3, -0.25) is 9.69 Å². The van der Waals surface area contributed by atoms with E-state index in [-0.39, 0.29) is 5.91 Å². The number of hydrogen-bond acceptors (Lipinski definition) is 5. The van der Waals surface area contributed by atoms with E-state index in [2.05, 4.69) is 41.0 Å². The van der Waals surface area contributed by atoms with Gasteiger partial charge in [0.15, 0.2) is 5.76 Å². The van der Waals surface area contributed by atoms with Gasteiger partial charge in [-0.05, 0) is 49.8 Å². The van der Waals surface area contributed by atoms with E-state index < -0.39 is 0 Å². The molecule has 2 aliphatic rings. The number of piperidine rings is 1. The van der Waals surface area contributed by atoms with Crippen molar-refractivity contribution in [1.82, 2.24) is 9.80 Å². The first-order chi connectivity index (χ1) is 14.2. The monoisotopic (exact) mass is 413 g/mol. The van der Waals surface area contributed by atoms with Gasteiger partial charge in [0, 0.05) is 51.0 Å². The van der Waals surface area contributed by atoms with Crippen LogP contribution in [0.1, 0.15) is 34.7 Å². The smallest absolute Gasteiger partial charge is 0.289 e. The number of hydrogen-bond donors (Lipinski definition) is 0. The molecule has 2 fully saturated rings. The number of carbonyl (C=O) groups excluding carboxylic acids is 1. The second-order valence-electron chi connectivity index (χ2n) is 8.06. The van der Waals surface area contributed by atoms with E-state index in [1.165, 1.54) is 17.7 Å². The average Bonchev–Trinajstić information content (AvgIpc) is 3.23. The Balaban J connectivity index is 1.34. The highest BCUT2D eigenvalue weighted by molar-refractivity contribution is 7.97. The lowest BCUT2D eigenvalue weighted by Gasteiger charge is -2.44. The molecule has 0 bridgehead atoms. The number of para-hydroxylation sites is 1. The lowest BCUT2D eigenvalue weighted by Crippen LogP contribution is -2.56. The maximum absolute atomic E-state index is 12.9. The number of furan rings is 1. The molecule has 1 aromatic heterocycles. The third-order valence-electron chi connectivity index (χ3n) is 6.13. The van der Waals surface area contributed by atoms with E-state index in [0.717, 1.165) is 57.2 Å². The van der Waals surface area contributed by atoms with Crippen LogP contribution in [0.5, 0.6) is 0 Å². The topological polar surface area (TPSA) is 39.9 Å². The predicted octanol–water partition coefficient (Wildman–Crippen LogP) is 3.88. The van der Waals surface area contributed by atoms with Crippen molar-refractivity contribution >= 4 is 23.4 Å². The van der Waals surface area contributed by atoms with Crippen LogP contribution in [0.3, 0.4) is 0 Å². The summed E-state index contributed by atoms with van der Waals surface area (Å²) in [4.78, 5) is 20.0. The Morgan fingerprint density at radius 2 is 1.90 bits per heavy atom. The van der Waals surface area contributed by atoms with Gasteiger partial charge in [0.1, 0.15) is 5.76 Å². The van der Waals surface area contributed by atoms with E-state index in [4.69, 9.17) is 4.42 Å². The van der Waals surface area contributed by atoms with Gasteiger partial charge >= 0.3 is 0 Å². The molecule has 2 saturated heterocycles. The van der Waals surface area contributed by atoms with Crippen molar-refractivity contribution in [2.24, 2.45) is 0 Å². The maximum Gasteiger partial charge on any atom is 0.289 e. The quantitative estimate of drug-likeness (QED) is 0.744. The summed E-state index contributed by atoms with van der Waals surface area (Å²) in [6, 6.07) is 12.8. The Morgan fingerprint density at radius 3 is 2.66 bits per heavy atom. The fraction of sp³-hybridized carbons (Fsp3) is 0.522. The van der Waals surface area contributed by atoms with E-state index in [1.807, 2.05) is 23.3 Å². The molecule has 0 aliphatic carbocycles. The van der Waals surface area contributed by atoms with Gasteiger partial charge in [-0.25, -0.2) is 0 Å². The molecule has 2 aromatic rings. The Labute approximate surface area is 178 Å². The highest BCUT2D eigenvalue weighted by atomic mass is 32.2. The van der Waals surface area contributed by atoms with Crippen molar-refractivity contribution in [2.45, 2.75) is 31.6 Å². The number of amides is 1. The number of carbonyl (C=O) groups is 1. The zero-order valence-electron chi connectivity index (χ0n) is 17.5. The molecule has 0 saturated carbocycles. The van der Waals surface area contributed by atoms with Crippen molar-refractivity contribution in [2.75, 3.05) is 50.4 Å². The van der Waals surface area contributed by atoms with Crippen molar-refractivity contribution in [3.63, 3.8) is 0 Å². The van der Waals surface area contributed by atoms with Gasteiger partial charge in [0.2, 0.25) is 0 Å². The molecule has 1 amide bonds. The number of piperazine rings is 1. The fourth-order valence-electron chi connectivity index (χ4n) is 4.55. The molecule has 0 spiro atoms. The van der Waals surface area contributed by atoms with E-state index in [0.29, 0.717) is 11.8 Å². The zero-order valence-corrected chi connectivity index (χ0v) is 18.3. The van der Waals surface area contributed by atoms with Crippen molar-refractivity contribution in [1.29, 1.82) is 0 Å². The van der Waals surface area contributed by atoms with Crippen LogP contribution in [-0.2, 0) is 5.75 Å². The first-order valence-electron chi connectivity index (χ1n) is 10.6. The summed E-state index contributed by atoms with van der Waals surface area (Å²) >= 11 is 1.70. The summed E-state index contributed by atoms with van der Waals surface area (Å²) in [5, 5.41) is 0. The Hall–Kier alpha value is -1.92. The van der Waals surface area contributed by atoms with Crippen LogP contribution in [-0.4, -0.2) is 67.3 Å². The third-order valence-corrected chi connectivity index (χ3v) is 6.70. The third kappa shape index (κ3) is 4.64. The van der Waals surface area contributed by atoms with E-state index >= 15 is 0 Å². The van der Waals surface area contributed by atoms with Gasteiger partial charge in [-0.1, -0.05) is 18.2 Å². The molecular weight excluding hydrogens is 382 g/mol. The molecular formula is C23H31N3O2S. The van der Waals surface area contributed by atoms with Crippen LogP contribution in [0.15, 0.2) is 40.8 Å². The summed E-state index contributed by atoms with van der Waals surface area (Å²) in [5.74, 6) is 2.21. The van der Waals surface area contributed by atoms with Gasteiger partial charge in [0.05, 0.1) is 5.75 Å². The minimum atomic E-state index is 0.0422. The van der Waals surface area contributed by atoms with Crippen LogP contribution in [0.4, 0.5) is 5.69 Å². The lowest BCUT2D eigenvalue weighted by atomic mass is 10.0. The van der Waals surface area contributed by atoms with Gasteiger partial charge in [0.25, 0.3) is 5.91 Å². The molecule has 2 aliphatic heterocycles. The van der Waals surface area contributed by atoms with Gasteiger partial charge in [-0.2, -0.15) is 11.8 Å². The molecule has 0 unspecified atom stereocenters. The fourth-order valence-corrected chi connectivity index (χ4v) is 4.99. The molecule has 29 heavy (non-hydrogen) atoms. The number of thioether (sulfide) groups is 1. The minimum Gasteiger partial charge on any atom is -0.455 e. The summed E-state index contributed by atoms with van der Waals surface area (Å²) < 4.78 is 5.76. The molecule has 5 nitrogen and oxygen atoms in total. The second-order valence-corrected chi connectivity index (χ2v) is 8.92. The SMILES string of the molecule is CSCc1ccc(C(=O)N2CCC[C@H](N3CCN(c4ccccc4C)CC3)C2)o1. The summed E-state index contributed by atoms with van der Waals surface area (Å²) in [5.41, 5.74) is 2.70. The number of aryl methyl sites for hydroxylation is 1. The highest BCUT2D eigenvalue weighted by Crippen LogP contribution is 2.24. The maximum atomic E-state index is 12.9. The standard InChI is InChI=1S/C23H31N3O2S/c1-18-6-3-4-8-21(18)25-14-12-24(13-15-25)19-7-5-11-26(16-19)23(27)22-10-9-20(28-22)17-29-2/h3-4,6,8-10,19H,5,7,11-17H2,1-2H3/t19-/m0/s1. The van der Waals surface area contributed by atoms with Crippen LogP contribution >= 0.6 is 11.8 Å². The van der Waals surface area contributed by atoms with Gasteiger partial charge in [-0.15, -0.1) is 0 Å². The summed E-state index contributed by atoms with van der Waals surface area (Å²) in [6.07, 6.45) is 4.27. The number of rotatable bonds is 5. The van der Waals surface area contributed by atoms with Gasteiger partial charge < -0.3 is 14.2 Å². The molecule has 3 heterocycles. The number of benzene rings is 1. The number of likely N-dealkylation sites (tertiary alicyclic amines) is 1. The van der Waals surface area contributed by atoms with Crippen LogP contribution in [0.2, 0.25) is 0 Å². The Bertz CT molecular complexity index is 829. The van der Waals surface area contributed by atoms with Crippen LogP contribution < -0.4 is 4.90 Å². The molecule has 0 radical (unpaired) electrons. The molecule has 1 atom stereocenters. The minimum absolute atomic E-state index is 0.0422. The number of nitrogens with zero attached hydrogens (tertiary/aromatic N) is 3. The highest BCUT2D eigenvalue weighted by Gasteiger charge is 2.31. The first-order valence-corrected chi connectivity index (χ1v) is 12.0. The van der Waals surface area contributed by atoms with Crippen molar-refractivity contribution in [3.05, 3.63) is 53.5 Å². The Kier molecular flexibility index (Phi) is 6.50.